The topological polar surface area (TPSA) is 111 Å². The Kier molecular flexibility index (Phi) is 6.48. The summed E-state index contributed by atoms with van der Waals surface area (Å²) in [6, 6.07) is 11.4. The Hall–Kier alpha value is -3.42. The van der Waals surface area contributed by atoms with E-state index in [1.807, 2.05) is 19.1 Å². The van der Waals surface area contributed by atoms with Gasteiger partial charge in [0, 0.05) is 17.2 Å². The van der Waals surface area contributed by atoms with E-state index in [1.165, 1.54) is 12.1 Å². The monoisotopic (exact) mass is 371 g/mol. The number of nitrogens with zero attached hydrogens (tertiary/aromatic N) is 1. The summed E-state index contributed by atoms with van der Waals surface area (Å²) in [5, 5.41) is 11.0. The van der Waals surface area contributed by atoms with Crippen LogP contribution in [0.5, 0.6) is 5.75 Å². The third kappa shape index (κ3) is 5.27. The van der Waals surface area contributed by atoms with Gasteiger partial charge in [-0.25, -0.2) is 0 Å². The number of hydrogen-bond donors (Lipinski definition) is 2. The summed E-state index contributed by atoms with van der Waals surface area (Å²) in [5.74, 6) is -0.675. The molecule has 2 rings (SSSR count). The van der Waals surface area contributed by atoms with Crippen LogP contribution >= 0.6 is 0 Å². The zero-order valence-corrected chi connectivity index (χ0v) is 15.3. The summed E-state index contributed by atoms with van der Waals surface area (Å²) >= 11 is 0. The van der Waals surface area contributed by atoms with Gasteiger partial charge in [0.05, 0.1) is 4.92 Å². The van der Waals surface area contributed by atoms with Crippen LogP contribution in [0.3, 0.4) is 0 Å². The Labute approximate surface area is 156 Å². The molecule has 0 aromatic heterocycles. The van der Waals surface area contributed by atoms with Crippen LogP contribution in [0.2, 0.25) is 0 Å². The highest BCUT2D eigenvalue weighted by Gasteiger charge is 2.18. The van der Waals surface area contributed by atoms with Crippen LogP contribution in [0.4, 0.5) is 5.69 Å². The molecule has 1 unspecified atom stereocenters. The van der Waals surface area contributed by atoms with Gasteiger partial charge >= 0.3 is 0 Å². The van der Waals surface area contributed by atoms with Crippen molar-refractivity contribution in [2.24, 2.45) is 0 Å². The van der Waals surface area contributed by atoms with E-state index in [0.29, 0.717) is 11.3 Å². The predicted octanol–water partition coefficient (Wildman–Crippen LogP) is 2.69. The van der Waals surface area contributed by atoms with E-state index < -0.39 is 22.8 Å². The zero-order chi connectivity index (χ0) is 20.0. The normalized spacial score (nSPS) is 11.4. The molecule has 2 aromatic rings. The predicted molar refractivity (Wildman–Crippen MR) is 99.4 cm³/mol. The van der Waals surface area contributed by atoms with Gasteiger partial charge in [0.1, 0.15) is 5.75 Å². The number of carbonyl (C=O) groups excluding carboxylic acids is 2. The molecular weight excluding hydrogens is 350 g/mol. The average molecular weight is 371 g/mol. The lowest BCUT2D eigenvalue weighted by atomic mass is 10.1. The Bertz CT molecular complexity index is 849. The van der Waals surface area contributed by atoms with E-state index in [9.17, 15) is 19.7 Å². The fraction of sp³-hybridized carbons (Fsp3) is 0.263. The third-order valence-electron chi connectivity index (χ3n) is 3.98. The third-order valence-corrected chi connectivity index (χ3v) is 3.98. The van der Waals surface area contributed by atoms with Crippen molar-refractivity contribution >= 4 is 17.5 Å². The first-order valence-electron chi connectivity index (χ1n) is 8.42. The number of aryl methyl sites for hydroxylation is 2. The lowest BCUT2D eigenvalue weighted by Gasteiger charge is -2.15. The van der Waals surface area contributed by atoms with Gasteiger partial charge in [-0.3, -0.25) is 30.6 Å². The molecule has 2 aromatic carbocycles. The maximum Gasteiger partial charge on any atom is 0.279 e. The van der Waals surface area contributed by atoms with Crippen LogP contribution in [0.1, 0.15) is 35.3 Å². The average Bonchev–Trinajstić information content (AvgIpc) is 2.66. The minimum Gasteiger partial charge on any atom is -0.481 e. The van der Waals surface area contributed by atoms with Gasteiger partial charge in [-0.2, -0.15) is 0 Å². The summed E-state index contributed by atoms with van der Waals surface area (Å²) in [4.78, 5) is 34.6. The maximum absolute atomic E-state index is 12.1. The highest BCUT2D eigenvalue weighted by atomic mass is 16.6. The first kappa shape index (κ1) is 19.9. The number of amides is 2. The highest BCUT2D eigenvalue weighted by molar-refractivity contribution is 5.96. The number of nitro groups is 1. The molecule has 0 bridgehead atoms. The molecule has 0 spiro atoms. The number of ether oxygens (including phenoxy) is 1. The molecule has 0 fully saturated rings. The van der Waals surface area contributed by atoms with E-state index in [0.717, 1.165) is 18.1 Å². The van der Waals surface area contributed by atoms with Crippen LogP contribution in [0.25, 0.3) is 0 Å². The summed E-state index contributed by atoms with van der Waals surface area (Å²) in [5.41, 5.74) is 5.98. The van der Waals surface area contributed by atoms with Crippen molar-refractivity contribution in [1.82, 2.24) is 10.9 Å². The molecular formula is C19H21N3O5. The number of hydrogen-bond acceptors (Lipinski definition) is 5. The van der Waals surface area contributed by atoms with E-state index in [2.05, 4.69) is 10.9 Å². The van der Waals surface area contributed by atoms with Gasteiger partial charge in [0.2, 0.25) is 0 Å². The molecule has 142 valence electrons. The minimum absolute atomic E-state index is 0.0660. The Morgan fingerprint density at radius 2 is 1.81 bits per heavy atom. The summed E-state index contributed by atoms with van der Waals surface area (Å²) in [7, 11) is 0. The molecule has 8 heteroatoms. The van der Waals surface area contributed by atoms with Gasteiger partial charge < -0.3 is 4.74 Å². The first-order valence-corrected chi connectivity index (χ1v) is 8.42. The van der Waals surface area contributed by atoms with Gasteiger partial charge in [0.25, 0.3) is 17.5 Å². The fourth-order valence-corrected chi connectivity index (χ4v) is 2.30. The number of benzene rings is 2. The lowest BCUT2D eigenvalue weighted by molar-refractivity contribution is -0.385. The maximum atomic E-state index is 12.1. The van der Waals surface area contributed by atoms with E-state index >= 15 is 0 Å². The lowest BCUT2D eigenvalue weighted by Crippen LogP contribution is -2.47. The van der Waals surface area contributed by atoms with Crippen LogP contribution < -0.4 is 15.6 Å². The number of rotatable bonds is 6. The van der Waals surface area contributed by atoms with Gasteiger partial charge in [0.15, 0.2) is 6.10 Å². The summed E-state index contributed by atoms with van der Waals surface area (Å²) in [6.07, 6.45) is 0.0598. The van der Waals surface area contributed by atoms with Gasteiger partial charge in [-0.05, 0) is 44.0 Å². The summed E-state index contributed by atoms with van der Waals surface area (Å²) < 4.78 is 5.53. The van der Waals surface area contributed by atoms with Gasteiger partial charge in [-0.1, -0.05) is 25.1 Å². The molecule has 0 aliphatic carbocycles. The van der Waals surface area contributed by atoms with E-state index in [-0.39, 0.29) is 11.3 Å². The second kappa shape index (κ2) is 8.79. The number of hydrazine groups is 1. The highest BCUT2D eigenvalue weighted by Crippen LogP contribution is 2.19. The molecule has 27 heavy (non-hydrogen) atoms. The standard InChI is InChI=1S/C19H21N3O5/c1-4-14-6-9-16(10-7-14)27-13(3)18(23)20-21-19(24)15-8-5-12(2)17(11-15)22(25)26/h5-11,13H,4H2,1-3H3,(H,20,23)(H,21,24). The molecule has 0 aliphatic rings. The van der Waals surface area contributed by atoms with Crippen LogP contribution in [-0.2, 0) is 11.2 Å². The van der Waals surface area contributed by atoms with Crippen molar-refractivity contribution in [1.29, 1.82) is 0 Å². The SMILES string of the molecule is CCc1ccc(OC(C)C(=O)NNC(=O)c2ccc(C)c([N+](=O)[O-])c2)cc1. The second-order valence-corrected chi connectivity index (χ2v) is 5.96. The quantitative estimate of drug-likeness (QED) is 0.599. The molecule has 0 saturated heterocycles. The largest absolute Gasteiger partial charge is 0.481 e. The Balaban J connectivity index is 1.92. The molecule has 2 amide bonds. The number of carbonyl (C=O) groups is 2. The Morgan fingerprint density at radius 3 is 2.41 bits per heavy atom. The van der Waals surface area contributed by atoms with Crippen molar-refractivity contribution < 1.29 is 19.2 Å². The van der Waals surface area contributed by atoms with E-state index in [4.69, 9.17) is 4.74 Å². The molecule has 8 nitrogen and oxygen atoms in total. The molecule has 0 radical (unpaired) electrons. The first-order chi connectivity index (χ1) is 12.8. The van der Waals surface area contributed by atoms with Crippen molar-refractivity contribution in [3.63, 3.8) is 0 Å². The van der Waals surface area contributed by atoms with E-state index in [1.54, 1.807) is 26.0 Å². The van der Waals surface area contributed by atoms with Crippen LogP contribution in [0.15, 0.2) is 42.5 Å². The molecule has 0 heterocycles. The van der Waals surface area contributed by atoms with Crippen molar-refractivity contribution in [2.45, 2.75) is 33.3 Å². The van der Waals surface area contributed by atoms with Gasteiger partial charge in [-0.15, -0.1) is 0 Å². The van der Waals surface area contributed by atoms with Crippen molar-refractivity contribution in [3.05, 3.63) is 69.3 Å². The minimum atomic E-state index is -0.842. The van der Waals surface area contributed by atoms with Crippen molar-refractivity contribution in [3.8, 4) is 5.75 Å². The zero-order valence-electron chi connectivity index (χ0n) is 15.3. The number of nitrogens with one attached hydrogen (secondary N) is 2. The fourth-order valence-electron chi connectivity index (χ4n) is 2.30. The smallest absolute Gasteiger partial charge is 0.279 e. The number of nitro benzene ring substituents is 1. The second-order valence-electron chi connectivity index (χ2n) is 5.96. The molecule has 2 N–H and O–H groups in total. The van der Waals surface area contributed by atoms with Crippen LogP contribution in [-0.4, -0.2) is 22.8 Å². The van der Waals surface area contributed by atoms with Crippen LogP contribution in [0, 0.1) is 17.0 Å². The van der Waals surface area contributed by atoms with Crippen molar-refractivity contribution in [2.75, 3.05) is 0 Å². The Morgan fingerprint density at radius 1 is 1.15 bits per heavy atom. The molecule has 0 saturated carbocycles. The molecule has 0 aliphatic heterocycles. The molecule has 1 atom stereocenters. The summed E-state index contributed by atoms with van der Waals surface area (Å²) in [6.45, 7) is 5.16.